The molecular formula is C22H36ClN3O2. The number of fused-ring (bicyclic) bond motifs is 1. The monoisotopic (exact) mass is 409 g/mol. The van der Waals surface area contributed by atoms with Crippen LogP contribution in [0.4, 0.5) is 0 Å². The Hall–Kier alpha value is -0.810. The average molecular weight is 410 g/mol. The molecule has 2 heterocycles. The van der Waals surface area contributed by atoms with Crippen molar-refractivity contribution in [1.82, 2.24) is 15.5 Å². The van der Waals surface area contributed by atoms with Gasteiger partial charge in [0.2, 0.25) is 11.8 Å². The van der Waals surface area contributed by atoms with Crippen molar-refractivity contribution in [1.29, 1.82) is 0 Å². The van der Waals surface area contributed by atoms with E-state index >= 15 is 0 Å². The summed E-state index contributed by atoms with van der Waals surface area (Å²) in [5.74, 6) is 4.34. The molecule has 6 fully saturated rings. The summed E-state index contributed by atoms with van der Waals surface area (Å²) in [5.41, 5.74) is -0.0924. The molecule has 0 radical (unpaired) electrons. The second kappa shape index (κ2) is 8.14. The maximum atomic E-state index is 13.0. The van der Waals surface area contributed by atoms with Gasteiger partial charge >= 0.3 is 0 Å². The molecule has 2 saturated heterocycles. The summed E-state index contributed by atoms with van der Waals surface area (Å²) in [6.07, 6.45) is 10.1. The van der Waals surface area contributed by atoms with Crippen LogP contribution in [0.1, 0.15) is 57.8 Å². The molecule has 2 N–H and O–H groups in total. The standard InChI is InChI=1S/C22H35N3O2.ClH/c26-20(25-5-2-18-13-23-14-19(18)3-6-25)1-4-24-21(27)22-10-15-7-16(11-22)9-17(8-15)12-22;/h15-19,23H,1-14H2,(H,24,27);1H/t15?,16?,17?,18-,19+,22?;. The summed E-state index contributed by atoms with van der Waals surface area (Å²) in [6.45, 7) is 4.54. The smallest absolute Gasteiger partial charge is 0.226 e. The second-order valence-electron chi connectivity index (χ2n) is 10.3. The van der Waals surface area contributed by atoms with Gasteiger partial charge in [0.25, 0.3) is 0 Å². The molecule has 158 valence electrons. The molecule has 28 heavy (non-hydrogen) atoms. The number of nitrogens with zero attached hydrogens (tertiary/aromatic N) is 1. The van der Waals surface area contributed by atoms with Gasteiger partial charge in [-0.1, -0.05) is 0 Å². The zero-order valence-electron chi connectivity index (χ0n) is 17.0. The molecular weight excluding hydrogens is 374 g/mol. The Morgan fingerprint density at radius 2 is 1.46 bits per heavy atom. The summed E-state index contributed by atoms with van der Waals surface area (Å²) >= 11 is 0. The first-order valence-corrected chi connectivity index (χ1v) is 11.4. The van der Waals surface area contributed by atoms with Crippen LogP contribution in [0.15, 0.2) is 0 Å². The molecule has 6 heteroatoms. The van der Waals surface area contributed by atoms with E-state index in [0.29, 0.717) is 13.0 Å². The van der Waals surface area contributed by atoms with Crippen LogP contribution < -0.4 is 10.6 Å². The lowest BCUT2D eigenvalue weighted by Crippen LogP contribution is -2.53. The highest BCUT2D eigenvalue weighted by molar-refractivity contribution is 5.85. The third-order valence-electron chi connectivity index (χ3n) is 8.52. The highest BCUT2D eigenvalue weighted by atomic mass is 35.5. The van der Waals surface area contributed by atoms with Crippen LogP contribution in [0.2, 0.25) is 0 Å². The quantitative estimate of drug-likeness (QED) is 0.750. The van der Waals surface area contributed by atoms with Crippen molar-refractivity contribution in [3.8, 4) is 0 Å². The average Bonchev–Trinajstić information content (AvgIpc) is 2.98. The highest BCUT2D eigenvalue weighted by Gasteiger charge is 2.54. The van der Waals surface area contributed by atoms with E-state index in [0.717, 1.165) is 87.9 Å². The van der Waals surface area contributed by atoms with Crippen LogP contribution in [0.5, 0.6) is 0 Å². The summed E-state index contributed by atoms with van der Waals surface area (Å²) in [6, 6.07) is 0. The Balaban J connectivity index is 0.00000192. The molecule has 4 saturated carbocycles. The lowest BCUT2D eigenvalue weighted by Gasteiger charge is -2.55. The van der Waals surface area contributed by atoms with Gasteiger partial charge in [0.1, 0.15) is 0 Å². The number of hydrogen-bond donors (Lipinski definition) is 2. The van der Waals surface area contributed by atoms with Crippen LogP contribution in [0, 0.1) is 35.0 Å². The Morgan fingerprint density at radius 3 is 2.00 bits per heavy atom. The van der Waals surface area contributed by atoms with E-state index in [1.807, 2.05) is 0 Å². The lowest BCUT2D eigenvalue weighted by molar-refractivity contribution is -0.146. The summed E-state index contributed by atoms with van der Waals surface area (Å²) in [5, 5.41) is 6.65. The predicted octanol–water partition coefficient (Wildman–Crippen LogP) is 2.59. The molecule has 2 amide bonds. The lowest BCUT2D eigenvalue weighted by atomic mass is 9.49. The molecule has 2 atom stereocenters. The fourth-order valence-corrected chi connectivity index (χ4v) is 7.48. The van der Waals surface area contributed by atoms with Crippen molar-refractivity contribution in [2.45, 2.75) is 57.8 Å². The number of likely N-dealkylation sites (tertiary alicyclic amines) is 1. The second-order valence-corrected chi connectivity index (χ2v) is 10.3. The van der Waals surface area contributed by atoms with E-state index < -0.39 is 0 Å². The van der Waals surface area contributed by atoms with E-state index in [1.165, 1.54) is 19.3 Å². The molecule has 0 aromatic heterocycles. The van der Waals surface area contributed by atoms with E-state index in [1.54, 1.807) is 0 Å². The first-order chi connectivity index (χ1) is 13.1. The molecule has 6 aliphatic rings. The number of hydrogen-bond acceptors (Lipinski definition) is 3. The number of carbonyl (C=O) groups excluding carboxylic acids is 2. The van der Waals surface area contributed by atoms with Crippen LogP contribution in [0.3, 0.4) is 0 Å². The van der Waals surface area contributed by atoms with Gasteiger partial charge in [-0.2, -0.15) is 0 Å². The van der Waals surface area contributed by atoms with E-state index in [-0.39, 0.29) is 29.6 Å². The number of carbonyl (C=O) groups is 2. The first-order valence-electron chi connectivity index (χ1n) is 11.4. The fraction of sp³-hybridized carbons (Fsp3) is 0.909. The van der Waals surface area contributed by atoms with E-state index in [2.05, 4.69) is 15.5 Å². The van der Waals surface area contributed by atoms with Crippen molar-refractivity contribution in [3.05, 3.63) is 0 Å². The molecule has 0 unspecified atom stereocenters. The van der Waals surface area contributed by atoms with Gasteiger partial charge in [0, 0.05) is 31.5 Å². The Labute approximate surface area is 175 Å². The predicted molar refractivity (Wildman–Crippen MR) is 111 cm³/mol. The maximum Gasteiger partial charge on any atom is 0.226 e. The van der Waals surface area contributed by atoms with E-state index in [4.69, 9.17) is 0 Å². The van der Waals surface area contributed by atoms with Gasteiger partial charge in [-0.25, -0.2) is 0 Å². The topological polar surface area (TPSA) is 61.4 Å². The minimum absolute atomic E-state index is 0. The third-order valence-corrected chi connectivity index (χ3v) is 8.52. The zero-order chi connectivity index (χ0) is 18.4. The summed E-state index contributed by atoms with van der Waals surface area (Å²) < 4.78 is 0. The summed E-state index contributed by atoms with van der Waals surface area (Å²) in [7, 11) is 0. The minimum Gasteiger partial charge on any atom is -0.355 e. The largest absolute Gasteiger partial charge is 0.355 e. The van der Waals surface area contributed by atoms with Crippen LogP contribution >= 0.6 is 12.4 Å². The molecule has 5 nitrogen and oxygen atoms in total. The highest BCUT2D eigenvalue weighted by Crippen LogP contribution is 2.60. The van der Waals surface area contributed by atoms with Crippen molar-refractivity contribution >= 4 is 24.2 Å². The SMILES string of the molecule is Cl.O=C(CCNC(=O)C12CC3CC(CC(C3)C1)C2)N1CC[C@@H]2CNC[C@@H]2CC1. The number of rotatable bonds is 4. The van der Waals surface area contributed by atoms with Gasteiger partial charge in [-0.3, -0.25) is 9.59 Å². The van der Waals surface area contributed by atoms with Gasteiger partial charge in [-0.05, 0) is 94.0 Å². The van der Waals surface area contributed by atoms with E-state index in [9.17, 15) is 9.59 Å². The van der Waals surface area contributed by atoms with Crippen molar-refractivity contribution in [2.75, 3.05) is 32.7 Å². The molecule has 4 aliphatic carbocycles. The molecule has 0 aromatic carbocycles. The molecule has 2 aliphatic heterocycles. The van der Waals surface area contributed by atoms with Crippen molar-refractivity contribution < 1.29 is 9.59 Å². The van der Waals surface area contributed by atoms with Crippen LogP contribution in [-0.2, 0) is 9.59 Å². The van der Waals surface area contributed by atoms with Gasteiger partial charge in [-0.15, -0.1) is 12.4 Å². The minimum atomic E-state index is -0.0924. The zero-order valence-corrected chi connectivity index (χ0v) is 17.8. The number of amides is 2. The van der Waals surface area contributed by atoms with Crippen LogP contribution in [0.25, 0.3) is 0 Å². The fourth-order valence-electron chi connectivity index (χ4n) is 7.48. The molecule has 6 rings (SSSR count). The maximum absolute atomic E-state index is 13.0. The third kappa shape index (κ3) is 3.81. The Bertz CT molecular complexity index is 561. The first kappa shape index (κ1) is 20.5. The van der Waals surface area contributed by atoms with Gasteiger partial charge < -0.3 is 15.5 Å². The van der Waals surface area contributed by atoms with Gasteiger partial charge in [0.15, 0.2) is 0 Å². The molecule has 0 spiro atoms. The van der Waals surface area contributed by atoms with Gasteiger partial charge in [0.05, 0.1) is 0 Å². The normalized spacial score (nSPS) is 41.1. The Morgan fingerprint density at radius 1 is 0.929 bits per heavy atom. The number of nitrogens with one attached hydrogen (secondary N) is 2. The van der Waals surface area contributed by atoms with Crippen LogP contribution in [-0.4, -0.2) is 49.4 Å². The van der Waals surface area contributed by atoms with Crippen molar-refractivity contribution in [2.24, 2.45) is 35.0 Å². The molecule has 0 aromatic rings. The molecule has 4 bridgehead atoms. The number of halogens is 1. The van der Waals surface area contributed by atoms with Crippen molar-refractivity contribution in [3.63, 3.8) is 0 Å². The Kier molecular flexibility index (Phi) is 5.95. The summed E-state index contributed by atoms with van der Waals surface area (Å²) in [4.78, 5) is 27.7.